The molecule has 4 heterocycles. The summed E-state index contributed by atoms with van der Waals surface area (Å²) in [6, 6.07) is 23.6. The van der Waals surface area contributed by atoms with E-state index in [-0.39, 0.29) is 5.91 Å². The molecule has 0 aliphatic carbocycles. The maximum Gasteiger partial charge on any atom is 0.258 e. The van der Waals surface area contributed by atoms with Crippen LogP contribution in [-0.4, -0.2) is 40.1 Å². The van der Waals surface area contributed by atoms with Gasteiger partial charge in [-0.1, -0.05) is 48.5 Å². The molecule has 0 atom stereocenters. The van der Waals surface area contributed by atoms with Crippen LogP contribution in [0.25, 0.3) is 33.7 Å². The van der Waals surface area contributed by atoms with Crippen LogP contribution >= 0.6 is 0 Å². The van der Waals surface area contributed by atoms with E-state index in [1.54, 1.807) is 10.7 Å². The second-order valence-corrected chi connectivity index (χ2v) is 8.26. The number of amides is 1. The van der Waals surface area contributed by atoms with E-state index in [0.717, 1.165) is 33.6 Å². The fraction of sp³-hybridized carbons (Fsp3) is 0.154. The number of carbonyl (C=O) groups is 1. The molecule has 0 bridgehead atoms. The number of nitrogens with one attached hydrogen (secondary N) is 1. The first kappa shape index (κ1) is 20.9. The molecule has 1 amide bonds. The Labute approximate surface area is 200 Å². The van der Waals surface area contributed by atoms with Crippen LogP contribution in [0.15, 0.2) is 79.0 Å². The van der Waals surface area contributed by atoms with Gasteiger partial charge in [0.1, 0.15) is 5.82 Å². The van der Waals surface area contributed by atoms with E-state index in [9.17, 15) is 4.79 Å². The molecule has 6 aromatic rings. The number of aromatic nitrogens is 7. The Morgan fingerprint density at radius 2 is 1.74 bits per heavy atom. The first-order valence-electron chi connectivity index (χ1n) is 11.5. The summed E-state index contributed by atoms with van der Waals surface area (Å²) < 4.78 is 3.76. The lowest BCUT2D eigenvalue weighted by Gasteiger charge is -2.07. The molecule has 2 aromatic carbocycles. The SMILES string of the molecule is O=C(CCCc1nnc2n3nc(-c4ccccc4)nc3c3ccccc3n12)NCc1ccccn1. The second-order valence-electron chi connectivity index (χ2n) is 8.26. The first-order chi connectivity index (χ1) is 17.3. The zero-order valence-corrected chi connectivity index (χ0v) is 18.9. The number of pyridine rings is 1. The molecule has 9 nitrogen and oxygen atoms in total. The topological polar surface area (TPSA) is 102 Å². The highest BCUT2D eigenvalue weighted by Gasteiger charge is 2.18. The van der Waals surface area contributed by atoms with Crippen molar-refractivity contribution in [2.75, 3.05) is 0 Å². The van der Waals surface area contributed by atoms with E-state index >= 15 is 0 Å². The molecule has 0 aliphatic heterocycles. The number of para-hydroxylation sites is 1. The van der Waals surface area contributed by atoms with Crippen LogP contribution in [0.2, 0.25) is 0 Å². The number of nitrogens with zero attached hydrogens (tertiary/aromatic N) is 7. The molecule has 9 heteroatoms. The highest BCUT2D eigenvalue weighted by atomic mass is 16.1. The first-order valence-corrected chi connectivity index (χ1v) is 11.5. The number of hydrogen-bond acceptors (Lipinski definition) is 6. The fourth-order valence-corrected chi connectivity index (χ4v) is 4.23. The van der Waals surface area contributed by atoms with Gasteiger partial charge in [-0.05, 0) is 30.7 Å². The molecule has 0 fully saturated rings. The standard InChI is InChI=1S/C26H22N8O/c35-23(28-17-19-11-6-7-16-27-19)15-8-14-22-30-31-26-33(22)21-13-5-4-12-20(21)25-29-24(32-34(25)26)18-9-2-1-3-10-18/h1-7,9-13,16H,8,14-15,17H2,(H,28,35). The van der Waals surface area contributed by atoms with E-state index in [1.807, 2.05) is 77.2 Å². The minimum Gasteiger partial charge on any atom is -0.350 e. The molecule has 0 unspecified atom stereocenters. The Kier molecular flexibility index (Phi) is 5.34. The fourth-order valence-electron chi connectivity index (χ4n) is 4.23. The van der Waals surface area contributed by atoms with Crippen molar-refractivity contribution in [3.8, 4) is 11.4 Å². The highest BCUT2D eigenvalue weighted by molar-refractivity contribution is 5.94. The molecule has 0 aliphatic rings. The Bertz CT molecular complexity index is 1640. The summed E-state index contributed by atoms with van der Waals surface area (Å²) >= 11 is 0. The molecule has 4 aromatic heterocycles. The van der Waals surface area contributed by atoms with Gasteiger partial charge < -0.3 is 5.32 Å². The molecule has 35 heavy (non-hydrogen) atoms. The lowest BCUT2D eigenvalue weighted by Crippen LogP contribution is -2.23. The van der Waals surface area contributed by atoms with Crippen LogP contribution in [0.4, 0.5) is 0 Å². The van der Waals surface area contributed by atoms with Gasteiger partial charge in [0, 0.05) is 30.0 Å². The van der Waals surface area contributed by atoms with Gasteiger partial charge in [-0.15, -0.1) is 15.3 Å². The summed E-state index contributed by atoms with van der Waals surface area (Å²) in [5.41, 5.74) is 3.47. The minimum atomic E-state index is -0.0134. The Morgan fingerprint density at radius 1 is 0.914 bits per heavy atom. The van der Waals surface area contributed by atoms with Gasteiger partial charge in [0.15, 0.2) is 11.5 Å². The third-order valence-electron chi connectivity index (χ3n) is 5.92. The Hall–Kier alpha value is -4.66. The lowest BCUT2D eigenvalue weighted by molar-refractivity contribution is -0.121. The third-order valence-corrected chi connectivity index (χ3v) is 5.92. The predicted octanol–water partition coefficient (Wildman–Crippen LogP) is 3.63. The van der Waals surface area contributed by atoms with Crippen LogP contribution in [0.3, 0.4) is 0 Å². The zero-order valence-electron chi connectivity index (χ0n) is 18.9. The van der Waals surface area contributed by atoms with Gasteiger partial charge in [-0.25, -0.2) is 4.98 Å². The molecule has 1 N–H and O–H groups in total. The van der Waals surface area contributed by atoms with E-state index in [4.69, 9.17) is 10.1 Å². The second kappa shape index (κ2) is 8.94. The van der Waals surface area contributed by atoms with E-state index < -0.39 is 0 Å². The normalized spacial score (nSPS) is 11.4. The lowest BCUT2D eigenvalue weighted by atomic mass is 10.2. The molecule has 6 rings (SSSR count). The van der Waals surface area contributed by atoms with E-state index in [2.05, 4.69) is 20.5 Å². The van der Waals surface area contributed by atoms with Gasteiger partial charge in [0.2, 0.25) is 5.91 Å². The zero-order chi connectivity index (χ0) is 23.6. The summed E-state index contributed by atoms with van der Waals surface area (Å²) in [7, 11) is 0. The van der Waals surface area contributed by atoms with Crippen molar-refractivity contribution in [2.45, 2.75) is 25.8 Å². The van der Waals surface area contributed by atoms with Crippen molar-refractivity contribution < 1.29 is 4.79 Å². The summed E-state index contributed by atoms with van der Waals surface area (Å²) in [6.45, 7) is 0.423. The van der Waals surface area contributed by atoms with Crippen LogP contribution in [0.1, 0.15) is 24.4 Å². The molecule has 0 saturated heterocycles. The summed E-state index contributed by atoms with van der Waals surface area (Å²) in [6.07, 6.45) is 3.36. The maximum absolute atomic E-state index is 12.3. The van der Waals surface area contributed by atoms with Crippen LogP contribution in [0.5, 0.6) is 0 Å². The van der Waals surface area contributed by atoms with Gasteiger partial charge in [-0.3, -0.25) is 14.2 Å². The summed E-state index contributed by atoms with van der Waals surface area (Å²) in [5, 5.41) is 17.5. The molecule has 0 saturated carbocycles. The number of rotatable bonds is 7. The van der Waals surface area contributed by atoms with E-state index in [1.165, 1.54) is 0 Å². The van der Waals surface area contributed by atoms with Crippen molar-refractivity contribution in [3.63, 3.8) is 0 Å². The van der Waals surface area contributed by atoms with Gasteiger partial charge in [0.05, 0.1) is 17.8 Å². The van der Waals surface area contributed by atoms with Gasteiger partial charge >= 0.3 is 0 Å². The van der Waals surface area contributed by atoms with Crippen molar-refractivity contribution in [1.29, 1.82) is 0 Å². The van der Waals surface area contributed by atoms with Gasteiger partial charge in [-0.2, -0.15) is 4.52 Å². The van der Waals surface area contributed by atoms with Crippen LogP contribution < -0.4 is 5.32 Å². The number of hydrogen-bond donors (Lipinski definition) is 1. The quantitative estimate of drug-likeness (QED) is 0.389. The predicted molar refractivity (Wildman–Crippen MR) is 131 cm³/mol. The monoisotopic (exact) mass is 462 g/mol. The average molecular weight is 463 g/mol. The molecule has 172 valence electrons. The molecule has 0 spiro atoms. The van der Waals surface area contributed by atoms with Crippen LogP contribution in [-0.2, 0) is 17.8 Å². The van der Waals surface area contributed by atoms with Crippen molar-refractivity contribution in [2.24, 2.45) is 0 Å². The molecule has 0 radical (unpaired) electrons. The Balaban J connectivity index is 1.28. The number of benzene rings is 2. The van der Waals surface area contributed by atoms with Crippen LogP contribution in [0, 0.1) is 0 Å². The largest absolute Gasteiger partial charge is 0.350 e. The maximum atomic E-state index is 12.3. The summed E-state index contributed by atoms with van der Waals surface area (Å²) in [5.74, 6) is 2.01. The van der Waals surface area contributed by atoms with Gasteiger partial charge in [0.25, 0.3) is 5.78 Å². The smallest absolute Gasteiger partial charge is 0.258 e. The molecular formula is C26H22N8O. The third kappa shape index (κ3) is 3.97. The number of fused-ring (bicyclic) bond motifs is 6. The highest BCUT2D eigenvalue weighted by Crippen LogP contribution is 2.25. The molecular weight excluding hydrogens is 440 g/mol. The number of aryl methyl sites for hydroxylation is 1. The number of carbonyl (C=O) groups excluding carboxylic acids is 1. The Morgan fingerprint density at radius 3 is 2.60 bits per heavy atom. The summed E-state index contributed by atoms with van der Waals surface area (Å²) in [4.78, 5) is 21.4. The van der Waals surface area contributed by atoms with Crippen molar-refractivity contribution >= 4 is 28.2 Å². The van der Waals surface area contributed by atoms with Crippen molar-refractivity contribution in [1.82, 2.24) is 39.5 Å². The van der Waals surface area contributed by atoms with Crippen molar-refractivity contribution in [3.05, 3.63) is 90.5 Å². The van der Waals surface area contributed by atoms with E-state index in [0.29, 0.717) is 37.4 Å². The minimum absolute atomic E-state index is 0.0134. The average Bonchev–Trinajstić information content (AvgIpc) is 3.54.